The third kappa shape index (κ3) is 3.40. The van der Waals surface area contributed by atoms with Crippen LogP contribution in [0.3, 0.4) is 0 Å². The molecule has 0 bridgehead atoms. The van der Waals surface area contributed by atoms with E-state index in [1.54, 1.807) is 31.5 Å². The van der Waals surface area contributed by atoms with Crippen LogP contribution in [0.2, 0.25) is 5.02 Å². The largest absolute Gasteiger partial charge is 0.361 e. The van der Waals surface area contributed by atoms with Gasteiger partial charge in [0.1, 0.15) is 11.3 Å². The van der Waals surface area contributed by atoms with Gasteiger partial charge in [-0.15, -0.1) is 0 Å². The number of benzene rings is 1. The number of nitrogens with zero attached hydrogens (tertiary/aromatic N) is 2. The number of pyridine rings is 1. The van der Waals surface area contributed by atoms with Crippen LogP contribution in [-0.4, -0.2) is 16.0 Å². The standard InChI is InChI=1S/C17H14ClN3O2/c1-11-15(10-20-23-11)17(22)21-16(13-3-2-8-19-9-13)12-4-6-14(18)7-5-12/h2-10,16H,1H3,(H,21,22)/t16-/m0/s1. The van der Waals surface area contributed by atoms with Crippen molar-refractivity contribution in [1.82, 2.24) is 15.5 Å². The van der Waals surface area contributed by atoms with E-state index >= 15 is 0 Å². The molecule has 0 spiro atoms. The van der Waals surface area contributed by atoms with Gasteiger partial charge in [0, 0.05) is 17.4 Å². The van der Waals surface area contributed by atoms with Gasteiger partial charge in [-0.25, -0.2) is 0 Å². The van der Waals surface area contributed by atoms with Crippen LogP contribution in [-0.2, 0) is 0 Å². The molecule has 0 unspecified atom stereocenters. The zero-order chi connectivity index (χ0) is 16.2. The van der Waals surface area contributed by atoms with Crippen molar-refractivity contribution >= 4 is 17.5 Å². The van der Waals surface area contributed by atoms with E-state index in [1.165, 1.54) is 6.20 Å². The average Bonchev–Trinajstić information content (AvgIpc) is 3.00. The maximum Gasteiger partial charge on any atom is 0.257 e. The number of rotatable bonds is 4. The normalized spacial score (nSPS) is 11.9. The summed E-state index contributed by atoms with van der Waals surface area (Å²) in [5.74, 6) is 0.219. The fourth-order valence-corrected chi connectivity index (χ4v) is 2.41. The second kappa shape index (κ2) is 6.62. The van der Waals surface area contributed by atoms with Crippen molar-refractivity contribution in [3.05, 3.63) is 82.5 Å². The predicted octanol–water partition coefficient (Wildman–Crippen LogP) is 3.55. The molecule has 116 valence electrons. The molecule has 1 N–H and O–H groups in total. The number of aryl methyl sites for hydroxylation is 1. The Bertz CT molecular complexity index is 800. The molecule has 1 atom stereocenters. The highest BCUT2D eigenvalue weighted by molar-refractivity contribution is 6.30. The summed E-state index contributed by atoms with van der Waals surface area (Å²) in [4.78, 5) is 16.6. The van der Waals surface area contributed by atoms with Crippen molar-refractivity contribution < 1.29 is 9.32 Å². The quantitative estimate of drug-likeness (QED) is 0.795. The summed E-state index contributed by atoms with van der Waals surface area (Å²) in [6.07, 6.45) is 4.82. The second-order valence-electron chi connectivity index (χ2n) is 5.04. The SMILES string of the molecule is Cc1oncc1C(=O)N[C@@H](c1ccc(Cl)cc1)c1cccnc1. The maximum atomic E-state index is 12.5. The van der Waals surface area contributed by atoms with Crippen LogP contribution >= 0.6 is 11.6 Å². The van der Waals surface area contributed by atoms with Crippen LogP contribution in [0.15, 0.2) is 59.5 Å². The number of carbonyl (C=O) groups excluding carboxylic acids is 1. The van der Waals surface area contributed by atoms with E-state index in [4.69, 9.17) is 16.1 Å². The number of hydrogen-bond donors (Lipinski definition) is 1. The Balaban J connectivity index is 1.94. The number of aromatic nitrogens is 2. The van der Waals surface area contributed by atoms with Gasteiger partial charge < -0.3 is 9.84 Å². The molecule has 23 heavy (non-hydrogen) atoms. The van der Waals surface area contributed by atoms with Crippen LogP contribution in [0.25, 0.3) is 0 Å². The van der Waals surface area contributed by atoms with E-state index in [-0.39, 0.29) is 11.9 Å². The number of amides is 1. The first kappa shape index (κ1) is 15.2. The Kier molecular flexibility index (Phi) is 4.39. The summed E-state index contributed by atoms with van der Waals surface area (Å²) >= 11 is 5.95. The Morgan fingerprint density at radius 1 is 1.17 bits per heavy atom. The molecular weight excluding hydrogens is 314 g/mol. The highest BCUT2D eigenvalue weighted by atomic mass is 35.5. The molecule has 0 fully saturated rings. The van der Waals surface area contributed by atoms with Gasteiger partial charge in [-0.05, 0) is 36.2 Å². The summed E-state index contributed by atoms with van der Waals surface area (Å²) in [5, 5.41) is 7.27. The lowest BCUT2D eigenvalue weighted by atomic mass is 10.00. The van der Waals surface area contributed by atoms with E-state index in [1.807, 2.05) is 24.3 Å². The smallest absolute Gasteiger partial charge is 0.257 e. The second-order valence-corrected chi connectivity index (χ2v) is 5.48. The lowest BCUT2D eigenvalue weighted by molar-refractivity contribution is 0.0941. The first-order valence-corrected chi connectivity index (χ1v) is 7.40. The minimum atomic E-state index is -0.345. The van der Waals surface area contributed by atoms with Crippen LogP contribution in [0.4, 0.5) is 0 Å². The first-order chi connectivity index (χ1) is 11.1. The van der Waals surface area contributed by atoms with E-state index in [2.05, 4.69) is 15.5 Å². The van der Waals surface area contributed by atoms with Crippen molar-refractivity contribution in [2.45, 2.75) is 13.0 Å². The Morgan fingerprint density at radius 3 is 2.57 bits per heavy atom. The number of hydrogen-bond acceptors (Lipinski definition) is 4. The van der Waals surface area contributed by atoms with Crippen LogP contribution in [0.1, 0.15) is 33.3 Å². The molecule has 2 aromatic heterocycles. The topological polar surface area (TPSA) is 68.0 Å². The lowest BCUT2D eigenvalue weighted by Crippen LogP contribution is -2.29. The minimum absolute atomic E-state index is 0.257. The van der Waals surface area contributed by atoms with Crippen molar-refractivity contribution in [1.29, 1.82) is 0 Å². The fourth-order valence-electron chi connectivity index (χ4n) is 2.29. The minimum Gasteiger partial charge on any atom is -0.361 e. The van der Waals surface area contributed by atoms with Gasteiger partial charge in [-0.2, -0.15) is 0 Å². The molecule has 6 heteroatoms. The van der Waals surface area contributed by atoms with Crippen molar-refractivity contribution in [3.8, 4) is 0 Å². The van der Waals surface area contributed by atoms with Crippen molar-refractivity contribution in [2.75, 3.05) is 0 Å². The van der Waals surface area contributed by atoms with Crippen molar-refractivity contribution in [2.24, 2.45) is 0 Å². The predicted molar refractivity (Wildman–Crippen MR) is 86.2 cm³/mol. The zero-order valence-corrected chi connectivity index (χ0v) is 13.1. The van der Waals surface area contributed by atoms with Crippen LogP contribution in [0, 0.1) is 6.92 Å². The zero-order valence-electron chi connectivity index (χ0n) is 12.4. The number of halogens is 1. The highest BCUT2D eigenvalue weighted by Crippen LogP contribution is 2.23. The van der Waals surface area contributed by atoms with Gasteiger partial charge in [-0.3, -0.25) is 9.78 Å². The summed E-state index contributed by atoms with van der Waals surface area (Å²) in [7, 11) is 0. The molecule has 0 aliphatic rings. The maximum absolute atomic E-state index is 12.5. The summed E-state index contributed by atoms with van der Waals surface area (Å²) in [5.41, 5.74) is 2.19. The lowest BCUT2D eigenvalue weighted by Gasteiger charge is -2.19. The summed E-state index contributed by atoms with van der Waals surface area (Å²) < 4.78 is 4.95. The van der Waals surface area contributed by atoms with Gasteiger partial charge in [0.15, 0.2) is 0 Å². The third-order valence-electron chi connectivity index (χ3n) is 3.49. The Hall–Kier alpha value is -2.66. The molecule has 0 saturated heterocycles. The summed E-state index contributed by atoms with van der Waals surface area (Å²) in [6, 6.07) is 10.7. The number of carbonyl (C=O) groups is 1. The van der Waals surface area contributed by atoms with E-state index in [0.717, 1.165) is 11.1 Å². The molecule has 0 aliphatic carbocycles. The molecule has 1 aromatic carbocycles. The van der Waals surface area contributed by atoms with Gasteiger partial charge >= 0.3 is 0 Å². The molecule has 0 aliphatic heterocycles. The molecule has 1 amide bonds. The average molecular weight is 328 g/mol. The number of nitrogens with one attached hydrogen (secondary N) is 1. The van der Waals surface area contributed by atoms with Gasteiger partial charge in [0.25, 0.3) is 5.91 Å². The molecule has 5 nitrogen and oxygen atoms in total. The molecule has 3 rings (SSSR count). The van der Waals surface area contributed by atoms with Crippen LogP contribution in [0.5, 0.6) is 0 Å². The summed E-state index contributed by atoms with van der Waals surface area (Å²) in [6.45, 7) is 1.70. The third-order valence-corrected chi connectivity index (χ3v) is 3.74. The molecular formula is C17H14ClN3O2. The highest BCUT2D eigenvalue weighted by Gasteiger charge is 2.20. The molecule has 2 heterocycles. The molecule has 0 radical (unpaired) electrons. The van der Waals surface area contributed by atoms with Crippen molar-refractivity contribution in [3.63, 3.8) is 0 Å². The Labute approximate surface area is 138 Å². The van der Waals surface area contributed by atoms with Gasteiger partial charge in [-0.1, -0.05) is 35.0 Å². The van der Waals surface area contributed by atoms with E-state index in [9.17, 15) is 4.79 Å². The fraction of sp³-hybridized carbons (Fsp3) is 0.118. The van der Waals surface area contributed by atoms with Gasteiger partial charge in [0.05, 0.1) is 12.2 Å². The Morgan fingerprint density at radius 2 is 1.96 bits per heavy atom. The molecule has 0 saturated carbocycles. The first-order valence-electron chi connectivity index (χ1n) is 7.02. The van der Waals surface area contributed by atoms with Gasteiger partial charge in [0.2, 0.25) is 0 Å². The molecule has 3 aromatic rings. The monoisotopic (exact) mass is 327 g/mol. The van der Waals surface area contributed by atoms with E-state index < -0.39 is 0 Å². The van der Waals surface area contributed by atoms with Crippen LogP contribution < -0.4 is 5.32 Å². The van der Waals surface area contributed by atoms with E-state index in [0.29, 0.717) is 16.3 Å².